The largest absolute Gasteiger partial charge is 0.454 e. The summed E-state index contributed by atoms with van der Waals surface area (Å²) in [6, 6.07) is 3.78. The van der Waals surface area contributed by atoms with Crippen LogP contribution >= 0.6 is 27.3 Å². The molecule has 2 aromatic rings. The molecule has 92 valence electrons. The van der Waals surface area contributed by atoms with Gasteiger partial charge in [0.25, 0.3) is 0 Å². The van der Waals surface area contributed by atoms with Crippen molar-refractivity contribution in [3.8, 4) is 22.1 Å². The number of ether oxygens (including phenoxy) is 2. The van der Waals surface area contributed by atoms with Crippen LogP contribution in [0.3, 0.4) is 0 Å². The molecule has 0 amide bonds. The second kappa shape index (κ2) is 4.37. The molecule has 1 aromatic heterocycles. The topological polar surface area (TPSA) is 48.4 Å². The van der Waals surface area contributed by atoms with E-state index in [4.69, 9.17) is 9.47 Å². The Morgan fingerprint density at radius 2 is 2.28 bits per heavy atom. The van der Waals surface area contributed by atoms with Crippen LogP contribution in [0, 0.1) is 0 Å². The van der Waals surface area contributed by atoms with Gasteiger partial charge in [0.1, 0.15) is 10.7 Å². The molecule has 3 rings (SSSR count). The minimum atomic E-state index is -0.0303. The van der Waals surface area contributed by atoms with Crippen molar-refractivity contribution < 1.29 is 14.3 Å². The van der Waals surface area contributed by atoms with E-state index in [1.807, 2.05) is 12.1 Å². The van der Waals surface area contributed by atoms with E-state index in [1.165, 1.54) is 18.3 Å². The third-order valence-corrected chi connectivity index (χ3v) is 4.02. The normalized spacial score (nSPS) is 12.8. The summed E-state index contributed by atoms with van der Waals surface area (Å²) >= 11 is 4.87. The smallest absolute Gasteiger partial charge is 0.231 e. The molecule has 1 aliphatic rings. The molecule has 0 unspecified atom stereocenters. The van der Waals surface area contributed by atoms with Crippen LogP contribution < -0.4 is 9.47 Å². The molecule has 0 radical (unpaired) electrons. The molecule has 0 aliphatic carbocycles. The van der Waals surface area contributed by atoms with Gasteiger partial charge < -0.3 is 9.47 Å². The lowest BCUT2D eigenvalue weighted by Crippen LogP contribution is -1.93. The number of carbonyl (C=O) groups is 1. The summed E-state index contributed by atoms with van der Waals surface area (Å²) in [5, 5.41) is 2.55. The summed E-state index contributed by atoms with van der Waals surface area (Å²) in [5.74, 6) is 1.37. The number of halogens is 1. The summed E-state index contributed by atoms with van der Waals surface area (Å²) in [6.45, 7) is 1.74. The second-order valence-corrected chi connectivity index (χ2v) is 5.50. The number of carbonyl (C=O) groups excluding carboxylic acids is 1. The second-order valence-electron chi connectivity index (χ2n) is 3.79. The SMILES string of the molecule is CC(=O)c1csc(-c2cc(Br)c3c(c2)OCO3)n1. The van der Waals surface area contributed by atoms with E-state index in [-0.39, 0.29) is 12.6 Å². The van der Waals surface area contributed by atoms with Crippen molar-refractivity contribution in [3.05, 3.63) is 27.7 Å². The highest BCUT2D eigenvalue weighted by molar-refractivity contribution is 9.10. The first-order valence-corrected chi connectivity index (χ1v) is 6.88. The van der Waals surface area contributed by atoms with Crippen molar-refractivity contribution >= 4 is 33.0 Å². The van der Waals surface area contributed by atoms with Gasteiger partial charge >= 0.3 is 0 Å². The molecule has 0 saturated heterocycles. The lowest BCUT2D eigenvalue weighted by atomic mass is 10.2. The Balaban J connectivity index is 2.06. The van der Waals surface area contributed by atoms with Crippen LogP contribution in [0.5, 0.6) is 11.5 Å². The Hall–Kier alpha value is -1.40. The predicted molar refractivity (Wildman–Crippen MR) is 71.4 cm³/mol. The highest BCUT2D eigenvalue weighted by atomic mass is 79.9. The Bertz CT molecular complexity index is 638. The number of thiazole rings is 1. The molecule has 2 heterocycles. The molecule has 0 N–H and O–H groups in total. The van der Waals surface area contributed by atoms with Crippen molar-refractivity contribution in [2.75, 3.05) is 6.79 Å². The molecular weight excluding hydrogens is 318 g/mol. The van der Waals surface area contributed by atoms with Gasteiger partial charge in [-0.05, 0) is 28.1 Å². The van der Waals surface area contributed by atoms with Crippen LogP contribution in [0.4, 0.5) is 0 Å². The summed E-state index contributed by atoms with van der Waals surface area (Å²) in [6.07, 6.45) is 0. The lowest BCUT2D eigenvalue weighted by molar-refractivity contribution is 0.101. The predicted octanol–water partition coefficient (Wildman–Crippen LogP) is 3.50. The number of ketones is 1. The fraction of sp³-hybridized carbons (Fsp3) is 0.167. The Morgan fingerprint density at radius 1 is 1.44 bits per heavy atom. The summed E-state index contributed by atoms with van der Waals surface area (Å²) in [5.41, 5.74) is 1.40. The zero-order valence-corrected chi connectivity index (χ0v) is 11.8. The van der Waals surface area contributed by atoms with Gasteiger partial charge in [0.05, 0.1) is 4.47 Å². The number of hydrogen-bond acceptors (Lipinski definition) is 5. The fourth-order valence-electron chi connectivity index (χ4n) is 1.66. The molecule has 0 fully saturated rings. The number of benzene rings is 1. The van der Waals surface area contributed by atoms with Gasteiger partial charge in [-0.3, -0.25) is 4.79 Å². The van der Waals surface area contributed by atoms with Gasteiger partial charge in [0.2, 0.25) is 6.79 Å². The Morgan fingerprint density at radius 3 is 3.00 bits per heavy atom. The number of aromatic nitrogens is 1. The number of hydrogen-bond donors (Lipinski definition) is 0. The quantitative estimate of drug-likeness (QED) is 0.793. The van der Waals surface area contributed by atoms with Crippen LogP contribution in [0.1, 0.15) is 17.4 Å². The average molecular weight is 326 g/mol. The highest BCUT2D eigenvalue weighted by Crippen LogP contribution is 2.42. The summed E-state index contributed by atoms with van der Waals surface area (Å²) in [7, 11) is 0. The molecule has 0 spiro atoms. The number of nitrogens with zero attached hydrogens (tertiary/aromatic N) is 1. The van der Waals surface area contributed by atoms with Gasteiger partial charge in [-0.2, -0.15) is 0 Å². The van der Waals surface area contributed by atoms with Crippen LogP contribution in [-0.2, 0) is 0 Å². The monoisotopic (exact) mass is 325 g/mol. The highest BCUT2D eigenvalue weighted by Gasteiger charge is 2.19. The Labute approximate surface area is 116 Å². The third-order valence-electron chi connectivity index (χ3n) is 2.54. The molecule has 1 aliphatic heterocycles. The average Bonchev–Trinajstić information content (AvgIpc) is 2.97. The van der Waals surface area contributed by atoms with Crippen LogP contribution in [0.2, 0.25) is 0 Å². The molecule has 0 bridgehead atoms. The van der Waals surface area contributed by atoms with Crippen molar-refractivity contribution in [3.63, 3.8) is 0 Å². The standard InChI is InChI=1S/C12H8BrNO3S/c1-6(15)9-4-18-12(14-9)7-2-8(13)11-10(3-7)16-5-17-11/h2-4H,5H2,1H3. The first-order chi connectivity index (χ1) is 8.65. The van der Waals surface area contributed by atoms with E-state index in [9.17, 15) is 4.79 Å². The van der Waals surface area contributed by atoms with Crippen LogP contribution in [0.25, 0.3) is 10.6 Å². The molecule has 4 nitrogen and oxygen atoms in total. The molecular formula is C12H8BrNO3S. The van der Waals surface area contributed by atoms with Crippen LogP contribution in [0.15, 0.2) is 22.0 Å². The Kier molecular flexibility index (Phi) is 2.83. The zero-order chi connectivity index (χ0) is 12.7. The minimum absolute atomic E-state index is 0.0303. The fourth-order valence-corrected chi connectivity index (χ4v) is 3.06. The van der Waals surface area contributed by atoms with Gasteiger partial charge in [0, 0.05) is 17.9 Å². The third kappa shape index (κ3) is 1.91. The molecule has 0 atom stereocenters. The van der Waals surface area contributed by atoms with E-state index < -0.39 is 0 Å². The minimum Gasteiger partial charge on any atom is -0.454 e. The maximum absolute atomic E-state index is 11.2. The van der Waals surface area contributed by atoms with Gasteiger partial charge in [0.15, 0.2) is 17.3 Å². The molecule has 0 saturated carbocycles. The van der Waals surface area contributed by atoms with E-state index in [1.54, 1.807) is 5.38 Å². The molecule has 1 aromatic carbocycles. The van der Waals surface area contributed by atoms with E-state index in [0.717, 1.165) is 15.0 Å². The number of fused-ring (bicyclic) bond motifs is 1. The first-order valence-electron chi connectivity index (χ1n) is 5.21. The van der Waals surface area contributed by atoms with Gasteiger partial charge in [-0.1, -0.05) is 0 Å². The van der Waals surface area contributed by atoms with Crippen LogP contribution in [-0.4, -0.2) is 17.6 Å². The van der Waals surface area contributed by atoms with Gasteiger partial charge in [-0.25, -0.2) is 4.98 Å². The summed E-state index contributed by atoms with van der Waals surface area (Å²) < 4.78 is 11.5. The number of rotatable bonds is 2. The van der Waals surface area contributed by atoms with Crippen molar-refractivity contribution in [1.29, 1.82) is 0 Å². The van der Waals surface area contributed by atoms with Crippen molar-refractivity contribution in [2.24, 2.45) is 0 Å². The lowest BCUT2D eigenvalue weighted by Gasteiger charge is -2.02. The maximum Gasteiger partial charge on any atom is 0.231 e. The molecule has 6 heteroatoms. The first kappa shape index (κ1) is 11.7. The zero-order valence-electron chi connectivity index (χ0n) is 9.40. The maximum atomic E-state index is 11.2. The van der Waals surface area contributed by atoms with E-state index in [0.29, 0.717) is 17.2 Å². The van der Waals surface area contributed by atoms with E-state index in [2.05, 4.69) is 20.9 Å². The van der Waals surface area contributed by atoms with E-state index >= 15 is 0 Å². The summed E-state index contributed by atoms with van der Waals surface area (Å²) in [4.78, 5) is 15.5. The molecule has 18 heavy (non-hydrogen) atoms. The van der Waals surface area contributed by atoms with Crippen molar-refractivity contribution in [2.45, 2.75) is 6.92 Å². The van der Waals surface area contributed by atoms with Gasteiger partial charge in [-0.15, -0.1) is 11.3 Å². The number of Topliss-reactive ketones (excluding diaryl/α,β-unsaturated/α-hetero) is 1. The van der Waals surface area contributed by atoms with Crippen molar-refractivity contribution in [1.82, 2.24) is 4.98 Å².